The first-order valence-corrected chi connectivity index (χ1v) is 8.03. The molecule has 1 atom stereocenters. The highest BCUT2D eigenvalue weighted by atomic mass is 32.2. The smallest absolute Gasteiger partial charge is 0.241 e. The molecule has 2 rings (SSSR count). The zero-order chi connectivity index (χ0) is 14.6. The van der Waals surface area contributed by atoms with Gasteiger partial charge in [-0.2, -0.15) is 0 Å². The molecule has 1 aromatic rings. The average molecular weight is 297 g/mol. The molecule has 7 heteroatoms. The van der Waals surface area contributed by atoms with Gasteiger partial charge in [-0.3, -0.25) is 4.79 Å². The van der Waals surface area contributed by atoms with Crippen LogP contribution in [-0.2, 0) is 14.8 Å². The minimum absolute atomic E-state index is 0.168. The standard InChI is InChI=1S/C13H19N3O3S/c1-11-10-16(8-7-14-11)13(17)9-15-20(18,19)12-5-3-2-4-6-12/h2-6,11,14-15H,7-10H2,1H3. The highest BCUT2D eigenvalue weighted by Crippen LogP contribution is 2.07. The lowest BCUT2D eigenvalue weighted by molar-refractivity contribution is -0.131. The molecule has 1 amide bonds. The van der Waals surface area contributed by atoms with E-state index in [9.17, 15) is 13.2 Å². The van der Waals surface area contributed by atoms with Gasteiger partial charge in [0.05, 0.1) is 11.4 Å². The average Bonchev–Trinajstić information content (AvgIpc) is 2.46. The molecule has 1 unspecified atom stereocenters. The fourth-order valence-corrected chi connectivity index (χ4v) is 3.11. The maximum Gasteiger partial charge on any atom is 0.241 e. The number of sulfonamides is 1. The molecule has 0 saturated carbocycles. The summed E-state index contributed by atoms with van der Waals surface area (Å²) in [5.74, 6) is -0.196. The van der Waals surface area contributed by atoms with Crippen molar-refractivity contribution in [1.82, 2.24) is 14.9 Å². The number of carbonyl (C=O) groups excluding carboxylic acids is 1. The summed E-state index contributed by atoms with van der Waals surface area (Å²) in [5.41, 5.74) is 0. The molecule has 0 spiro atoms. The third-order valence-electron chi connectivity index (χ3n) is 3.19. The molecule has 1 aliphatic rings. The summed E-state index contributed by atoms with van der Waals surface area (Å²) in [6.45, 7) is 3.73. The molecule has 2 N–H and O–H groups in total. The van der Waals surface area contributed by atoms with Gasteiger partial charge in [-0.25, -0.2) is 13.1 Å². The Kier molecular flexibility index (Phi) is 4.74. The highest BCUT2D eigenvalue weighted by molar-refractivity contribution is 7.89. The number of rotatable bonds is 4. The van der Waals surface area contributed by atoms with E-state index in [0.717, 1.165) is 6.54 Å². The zero-order valence-corrected chi connectivity index (χ0v) is 12.2. The Morgan fingerprint density at radius 3 is 2.75 bits per heavy atom. The summed E-state index contributed by atoms with van der Waals surface area (Å²) < 4.78 is 26.3. The van der Waals surface area contributed by atoms with Crippen LogP contribution >= 0.6 is 0 Å². The van der Waals surface area contributed by atoms with Gasteiger partial charge in [-0.15, -0.1) is 0 Å². The van der Waals surface area contributed by atoms with Crippen LogP contribution in [-0.4, -0.2) is 51.4 Å². The lowest BCUT2D eigenvalue weighted by atomic mass is 10.2. The topological polar surface area (TPSA) is 78.5 Å². The van der Waals surface area contributed by atoms with Crippen molar-refractivity contribution in [3.8, 4) is 0 Å². The summed E-state index contributed by atoms with van der Waals surface area (Å²) in [6.07, 6.45) is 0. The van der Waals surface area contributed by atoms with Crippen LogP contribution in [0.15, 0.2) is 35.2 Å². The number of amides is 1. The normalized spacial score (nSPS) is 19.9. The fraction of sp³-hybridized carbons (Fsp3) is 0.462. The summed E-state index contributed by atoms with van der Waals surface area (Å²) in [7, 11) is -3.62. The summed E-state index contributed by atoms with van der Waals surface area (Å²) in [5, 5.41) is 3.23. The van der Waals surface area contributed by atoms with E-state index in [1.54, 1.807) is 23.1 Å². The minimum atomic E-state index is -3.62. The van der Waals surface area contributed by atoms with E-state index in [4.69, 9.17) is 0 Å². The number of piperazine rings is 1. The molecule has 1 heterocycles. The van der Waals surface area contributed by atoms with E-state index in [-0.39, 0.29) is 23.4 Å². The van der Waals surface area contributed by atoms with Crippen LogP contribution in [0.4, 0.5) is 0 Å². The second-order valence-corrected chi connectivity index (χ2v) is 6.60. The third kappa shape index (κ3) is 3.78. The van der Waals surface area contributed by atoms with Crippen molar-refractivity contribution in [1.29, 1.82) is 0 Å². The van der Waals surface area contributed by atoms with Crippen LogP contribution in [0.2, 0.25) is 0 Å². The van der Waals surface area contributed by atoms with Crippen LogP contribution < -0.4 is 10.0 Å². The lowest BCUT2D eigenvalue weighted by Crippen LogP contribution is -2.53. The quantitative estimate of drug-likeness (QED) is 0.806. The van der Waals surface area contributed by atoms with Gasteiger partial charge >= 0.3 is 0 Å². The molecular formula is C13H19N3O3S. The van der Waals surface area contributed by atoms with Crippen molar-refractivity contribution in [2.45, 2.75) is 17.9 Å². The molecule has 0 radical (unpaired) electrons. The molecule has 6 nitrogen and oxygen atoms in total. The van der Waals surface area contributed by atoms with Gasteiger partial charge in [0, 0.05) is 25.7 Å². The second-order valence-electron chi connectivity index (χ2n) is 4.83. The Morgan fingerprint density at radius 1 is 1.40 bits per heavy atom. The SMILES string of the molecule is CC1CN(C(=O)CNS(=O)(=O)c2ccccc2)CCN1. The van der Waals surface area contributed by atoms with Gasteiger partial charge in [0.15, 0.2) is 0 Å². The van der Waals surface area contributed by atoms with E-state index in [2.05, 4.69) is 10.0 Å². The van der Waals surface area contributed by atoms with Gasteiger partial charge in [0.25, 0.3) is 0 Å². The van der Waals surface area contributed by atoms with Crippen LogP contribution in [0.5, 0.6) is 0 Å². The third-order valence-corrected chi connectivity index (χ3v) is 4.61. The Hall–Kier alpha value is -1.44. The monoisotopic (exact) mass is 297 g/mol. The highest BCUT2D eigenvalue weighted by Gasteiger charge is 2.22. The van der Waals surface area contributed by atoms with E-state index in [0.29, 0.717) is 13.1 Å². The molecule has 0 aliphatic carbocycles. The molecule has 0 aromatic heterocycles. The van der Waals surface area contributed by atoms with Gasteiger partial charge in [-0.05, 0) is 19.1 Å². The predicted molar refractivity (Wildman–Crippen MR) is 75.7 cm³/mol. The van der Waals surface area contributed by atoms with Crippen molar-refractivity contribution < 1.29 is 13.2 Å². The number of hydrogen-bond acceptors (Lipinski definition) is 4. The van der Waals surface area contributed by atoms with Crippen molar-refractivity contribution in [3.63, 3.8) is 0 Å². The maximum absolute atomic E-state index is 12.0. The molecule has 0 bridgehead atoms. The zero-order valence-electron chi connectivity index (χ0n) is 11.4. The Bertz CT molecular complexity index is 559. The first kappa shape index (κ1) is 15.0. The lowest BCUT2D eigenvalue weighted by Gasteiger charge is -2.31. The van der Waals surface area contributed by atoms with E-state index < -0.39 is 10.0 Å². The van der Waals surface area contributed by atoms with Gasteiger partial charge in [-0.1, -0.05) is 18.2 Å². The van der Waals surface area contributed by atoms with Gasteiger partial charge in [0.1, 0.15) is 0 Å². The largest absolute Gasteiger partial charge is 0.339 e. The molecule has 20 heavy (non-hydrogen) atoms. The van der Waals surface area contributed by atoms with Crippen LogP contribution in [0.25, 0.3) is 0 Å². The van der Waals surface area contributed by atoms with Crippen molar-refractivity contribution >= 4 is 15.9 Å². The van der Waals surface area contributed by atoms with Gasteiger partial charge in [0.2, 0.25) is 15.9 Å². The van der Waals surface area contributed by atoms with Crippen molar-refractivity contribution in [2.75, 3.05) is 26.2 Å². The van der Waals surface area contributed by atoms with E-state index in [1.807, 2.05) is 6.92 Å². The molecule has 1 aliphatic heterocycles. The van der Waals surface area contributed by atoms with Crippen molar-refractivity contribution in [2.24, 2.45) is 0 Å². The first-order chi connectivity index (χ1) is 9.49. The Balaban J connectivity index is 1.93. The predicted octanol–water partition coefficient (Wildman–Crippen LogP) is -0.215. The molecule has 110 valence electrons. The van der Waals surface area contributed by atoms with E-state index >= 15 is 0 Å². The summed E-state index contributed by atoms with van der Waals surface area (Å²) in [4.78, 5) is 13.8. The number of carbonyl (C=O) groups is 1. The fourth-order valence-electron chi connectivity index (χ4n) is 2.11. The van der Waals surface area contributed by atoms with E-state index in [1.165, 1.54) is 12.1 Å². The molecule has 1 saturated heterocycles. The van der Waals surface area contributed by atoms with Crippen molar-refractivity contribution in [3.05, 3.63) is 30.3 Å². The second kappa shape index (κ2) is 6.34. The van der Waals surface area contributed by atoms with Gasteiger partial charge < -0.3 is 10.2 Å². The molecular weight excluding hydrogens is 278 g/mol. The Labute approximate surface area is 119 Å². The first-order valence-electron chi connectivity index (χ1n) is 6.55. The Morgan fingerprint density at radius 2 is 2.10 bits per heavy atom. The molecule has 1 aromatic carbocycles. The number of hydrogen-bond donors (Lipinski definition) is 2. The van der Waals surface area contributed by atoms with Crippen LogP contribution in [0.1, 0.15) is 6.92 Å². The van der Waals surface area contributed by atoms with Crippen LogP contribution in [0, 0.1) is 0 Å². The maximum atomic E-state index is 12.0. The minimum Gasteiger partial charge on any atom is -0.339 e. The summed E-state index contributed by atoms with van der Waals surface area (Å²) in [6, 6.07) is 8.27. The number of benzene rings is 1. The summed E-state index contributed by atoms with van der Waals surface area (Å²) >= 11 is 0. The number of nitrogens with one attached hydrogen (secondary N) is 2. The number of nitrogens with zero attached hydrogens (tertiary/aromatic N) is 1. The van der Waals surface area contributed by atoms with Crippen LogP contribution in [0.3, 0.4) is 0 Å². The molecule has 1 fully saturated rings.